The van der Waals surface area contributed by atoms with Gasteiger partial charge in [-0.3, -0.25) is 9.79 Å². The van der Waals surface area contributed by atoms with Gasteiger partial charge in [0.05, 0.1) is 0 Å². The molecule has 6 heteroatoms. The van der Waals surface area contributed by atoms with Crippen LogP contribution in [-0.4, -0.2) is 66.9 Å². The predicted octanol–water partition coefficient (Wildman–Crippen LogP) is 2.54. The third-order valence-electron chi connectivity index (χ3n) is 4.41. The fourth-order valence-corrected chi connectivity index (χ4v) is 4.11. The average molecular weight is 363 g/mol. The molecule has 1 N–H and O–H groups in total. The first-order valence-electron chi connectivity index (χ1n) is 8.80. The van der Waals surface area contributed by atoms with Crippen molar-refractivity contribution in [3.63, 3.8) is 0 Å². The standard InChI is InChI=1S/C19H30N4OS/c1-14(2)17-13-23(10-11-25-17)19(20-3)21-12-15-6-8-16(9-7-15)18(24)22(4)5/h6-9,14,17H,10-13H2,1-5H3,(H,20,21). The molecule has 0 aromatic heterocycles. The summed E-state index contributed by atoms with van der Waals surface area (Å²) in [4.78, 5) is 20.3. The number of nitrogens with one attached hydrogen (secondary N) is 1. The number of carbonyl (C=O) groups excluding carboxylic acids is 1. The number of amides is 1. The molecule has 1 amide bonds. The Bertz CT molecular complexity index is 598. The number of benzene rings is 1. The molecule has 0 saturated carbocycles. The van der Waals surface area contributed by atoms with Crippen LogP contribution in [-0.2, 0) is 6.54 Å². The molecule has 138 valence electrons. The van der Waals surface area contributed by atoms with Gasteiger partial charge in [0.25, 0.3) is 5.91 Å². The van der Waals surface area contributed by atoms with Gasteiger partial charge in [0, 0.05) is 57.3 Å². The van der Waals surface area contributed by atoms with Gasteiger partial charge in [-0.1, -0.05) is 26.0 Å². The lowest BCUT2D eigenvalue weighted by Gasteiger charge is -2.36. The summed E-state index contributed by atoms with van der Waals surface area (Å²) in [6, 6.07) is 7.77. The smallest absolute Gasteiger partial charge is 0.253 e. The lowest BCUT2D eigenvalue weighted by molar-refractivity contribution is 0.0827. The molecule has 1 aromatic carbocycles. The Hall–Kier alpha value is -1.69. The molecule has 5 nitrogen and oxygen atoms in total. The molecule has 1 aliphatic heterocycles. The highest BCUT2D eigenvalue weighted by molar-refractivity contribution is 8.00. The van der Waals surface area contributed by atoms with Gasteiger partial charge < -0.3 is 15.1 Å². The third-order valence-corrected chi connectivity index (χ3v) is 5.95. The number of rotatable bonds is 4. The first-order chi connectivity index (χ1) is 11.9. The normalized spacial score (nSPS) is 18.4. The summed E-state index contributed by atoms with van der Waals surface area (Å²) in [6.45, 7) is 7.35. The van der Waals surface area contributed by atoms with Gasteiger partial charge in [-0.25, -0.2) is 0 Å². The molecule has 1 aromatic rings. The first-order valence-corrected chi connectivity index (χ1v) is 9.85. The quantitative estimate of drug-likeness (QED) is 0.660. The number of carbonyl (C=O) groups is 1. The Morgan fingerprint density at radius 3 is 2.60 bits per heavy atom. The average Bonchev–Trinajstić information content (AvgIpc) is 2.62. The molecule has 0 aliphatic carbocycles. The predicted molar refractivity (Wildman–Crippen MR) is 107 cm³/mol. The molecular weight excluding hydrogens is 332 g/mol. The van der Waals surface area contributed by atoms with Crippen molar-refractivity contribution >= 4 is 23.6 Å². The van der Waals surface area contributed by atoms with Gasteiger partial charge in [0.2, 0.25) is 0 Å². The number of hydrogen-bond acceptors (Lipinski definition) is 3. The van der Waals surface area contributed by atoms with Gasteiger partial charge in [-0.15, -0.1) is 0 Å². The molecule has 0 radical (unpaired) electrons. The Kier molecular flexibility index (Phi) is 7.17. The highest BCUT2D eigenvalue weighted by Crippen LogP contribution is 2.24. The van der Waals surface area contributed by atoms with Crippen LogP contribution in [0.5, 0.6) is 0 Å². The second-order valence-corrected chi connectivity index (χ2v) is 8.24. The van der Waals surface area contributed by atoms with E-state index in [0.717, 1.165) is 30.4 Å². The van der Waals surface area contributed by atoms with E-state index in [4.69, 9.17) is 0 Å². The molecule has 25 heavy (non-hydrogen) atoms. The second-order valence-electron chi connectivity index (χ2n) is 6.90. The van der Waals surface area contributed by atoms with Gasteiger partial charge in [0.1, 0.15) is 0 Å². The van der Waals surface area contributed by atoms with Crippen LogP contribution in [0.2, 0.25) is 0 Å². The summed E-state index contributed by atoms with van der Waals surface area (Å²) in [7, 11) is 5.37. The molecule has 1 saturated heterocycles. The summed E-state index contributed by atoms with van der Waals surface area (Å²) in [5.74, 6) is 2.80. The minimum absolute atomic E-state index is 0.0286. The van der Waals surface area contributed by atoms with Crippen LogP contribution < -0.4 is 5.32 Å². The van der Waals surface area contributed by atoms with E-state index in [2.05, 4.69) is 40.8 Å². The minimum Gasteiger partial charge on any atom is -0.352 e. The Morgan fingerprint density at radius 1 is 1.36 bits per heavy atom. The van der Waals surface area contributed by atoms with Gasteiger partial charge in [-0.05, 0) is 23.6 Å². The van der Waals surface area contributed by atoms with E-state index >= 15 is 0 Å². The molecule has 1 heterocycles. The summed E-state index contributed by atoms with van der Waals surface area (Å²) in [5.41, 5.74) is 1.86. The van der Waals surface area contributed by atoms with Gasteiger partial charge in [0.15, 0.2) is 5.96 Å². The van der Waals surface area contributed by atoms with E-state index in [0.29, 0.717) is 23.3 Å². The van der Waals surface area contributed by atoms with Crippen molar-refractivity contribution in [2.45, 2.75) is 25.6 Å². The van der Waals surface area contributed by atoms with Crippen molar-refractivity contribution < 1.29 is 4.79 Å². The molecule has 1 fully saturated rings. The van der Waals surface area contributed by atoms with Gasteiger partial charge in [-0.2, -0.15) is 11.8 Å². The minimum atomic E-state index is 0.0286. The number of aliphatic imine (C=N–C) groups is 1. The zero-order valence-electron chi connectivity index (χ0n) is 16.0. The highest BCUT2D eigenvalue weighted by atomic mass is 32.2. The molecule has 0 spiro atoms. The topological polar surface area (TPSA) is 47.9 Å². The van der Waals surface area contributed by atoms with E-state index < -0.39 is 0 Å². The monoisotopic (exact) mass is 362 g/mol. The lowest BCUT2D eigenvalue weighted by Crippen LogP contribution is -2.48. The number of thioether (sulfide) groups is 1. The molecule has 1 atom stereocenters. The van der Waals surface area contributed by atoms with Crippen LogP contribution >= 0.6 is 11.8 Å². The van der Waals surface area contributed by atoms with Crippen LogP contribution in [0.15, 0.2) is 29.3 Å². The zero-order chi connectivity index (χ0) is 18.4. The maximum atomic E-state index is 11.9. The molecule has 2 rings (SSSR count). The first kappa shape index (κ1) is 19.6. The van der Waals surface area contributed by atoms with E-state index in [1.807, 2.05) is 31.3 Å². The van der Waals surface area contributed by atoms with Crippen LogP contribution in [0.4, 0.5) is 0 Å². The maximum absolute atomic E-state index is 11.9. The fourth-order valence-electron chi connectivity index (χ4n) is 2.81. The SMILES string of the molecule is CN=C(NCc1ccc(C(=O)N(C)C)cc1)N1CCSC(C(C)C)C1. The molecule has 1 unspecified atom stereocenters. The fraction of sp³-hybridized carbons (Fsp3) is 0.579. The summed E-state index contributed by atoms with van der Waals surface area (Å²) >= 11 is 2.06. The summed E-state index contributed by atoms with van der Waals surface area (Å²) in [5, 5.41) is 4.11. The largest absolute Gasteiger partial charge is 0.352 e. The summed E-state index contributed by atoms with van der Waals surface area (Å²) < 4.78 is 0. The van der Waals surface area contributed by atoms with Crippen LogP contribution in [0.3, 0.4) is 0 Å². The zero-order valence-corrected chi connectivity index (χ0v) is 16.8. The van der Waals surface area contributed by atoms with Crippen molar-refractivity contribution in [2.75, 3.05) is 40.0 Å². The van der Waals surface area contributed by atoms with Crippen molar-refractivity contribution in [3.8, 4) is 0 Å². The van der Waals surface area contributed by atoms with Crippen LogP contribution in [0.25, 0.3) is 0 Å². The van der Waals surface area contributed by atoms with E-state index in [1.54, 1.807) is 19.0 Å². The lowest BCUT2D eigenvalue weighted by atomic mass is 10.1. The second kappa shape index (κ2) is 9.13. The molecule has 0 bridgehead atoms. The van der Waals surface area contributed by atoms with E-state index in [-0.39, 0.29) is 5.91 Å². The van der Waals surface area contributed by atoms with Crippen molar-refractivity contribution in [2.24, 2.45) is 10.9 Å². The van der Waals surface area contributed by atoms with Gasteiger partial charge >= 0.3 is 0 Å². The number of nitrogens with zero attached hydrogens (tertiary/aromatic N) is 3. The Labute approximate surface area is 155 Å². The van der Waals surface area contributed by atoms with Crippen LogP contribution in [0, 0.1) is 5.92 Å². The third kappa shape index (κ3) is 5.39. The van der Waals surface area contributed by atoms with Crippen molar-refractivity contribution in [1.82, 2.24) is 15.1 Å². The van der Waals surface area contributed by atoms with Crippen molar-refractivity contribution in [1.29, 1.82) is 0 Å². The van der Waals surface area contributed by atoms with E-state index in [1.165, 1.54) is 0 Å². The Morgan fingerprint density at radius 2 is 2.04 bits per heavy atom. The Balaban J connectivity index is 1.93. The summed E-state index contributed by atoms with van der Waals surface area (Å²) in [6.07, 6.45) is 0. The maximum Gasteiger partial charge on any atom is 0.253 e. The van der Waals surface area contributed by atoms with E-state index in [9.17, 15) is 4.79 Å². The molecule has 1 aliphatic rings. The number of hydrogen-bond donors (Lipinski definition) is 1. The van der Waals surface area contributed by atoms with Crippen molar-refractivity contribution in [3.05, 3.63) is 35.4 Å². The number of guanidine groups is 1. The van der Waals surface area contributed by atoms with Crippen LogP contribution in [0.1, 0.15) is 29.8 Å². The highest BCUT2D eigenvalue weighted by Gasteiger charge is 2.24. The molecular formula is C19H30N4OS.